The molecule has 2 aliphatic carbocycles. The first-order chi connectivity index (χ1) is 12.2. The Morgan fingerprint density at radius 2 is 1.85 bits per heavy atom. The number of nitrogens with one attached hydrogen (secondary N) is 1. The lowest BCUT2D eigenvalue weighted by atomic mass is 10.2. The van der Waals surface area contributed by atoms with Crippen molar-refractivity contribution in [1.82, 2.24) is 4.31 Å². The molecule has 0 saturated heterocycles. The Labute approximate surface area is 155 Å². The first-order valence-electron chi connectivity index (χ1n) is 8.91. The number of methoxy groups -OCH3 is 1. The Hall–Kier alpha value is -1.32. The molecule has 0 amide bonds. The molecule has 7 nitrogen and oxygen atoms in total. The van der Waals surface area contributed by atoms with Crippen molar-refractivity contribution in [2.75, 3.05) is 17.6 Å². The summed E-state index contributed by atoms with van der Waals surface area (Å²) in [5.41, 5.74) is 0.0415. The number of benzene rings is 1. The topological polar surface area (TPSA) is 92.8 Å². The van der Waals surface area contributed by atoms with Crippen LogP contribution in [-0.2, 0) is 20.0 Å². The summed E-state index contributed by atoms with van der Waals surface area (Å²) in [5.74, 6) is 0.638. The molecule has 0 aromatic heterocycles. The number of hydrogen-bond donors (Lipinski definition) is 1. The van der Waals surface area contributed by atoms with Gasteiger partial charge in [-0.3, -0.25) is 4.72 Å². The maximum Gasteiger partial charge on any atom is 0.245 e. The Kier molecular flexibility index (Phi) is 5.24. The summed E-state index contributed by atoms with van der Waals surface area (Å²) in [6.07, 6.45) is 3.78. The van der Waals surface area contributed by atoms with Gasteiger partial charge in [-0.15, -0.1) is 0 Å². The summed E-state index contributed by atoms with van der Waals surface area (Å²) < 4.78 is 60.1. The molecule has 2 saturated carbocycles. The zero-order valence-corrected chi connectivity index (χ0v) is 16.9. The van der Waals surface area contributed by atoms with Crippen molar-refractivity contribution in [3.63, 3.8) is 0 Å². The van der Waals surface area contributed by atoms with Gasteiger partial charge < -0.3 is 4.74 Å². The minimum atomic E-state index is -3.83. The number of rotatable bonds is 9. The van der Waals surface area contributed by atoms with E-state index in [0.29, 0.717) is 11.7 Å². The molecule has 3 rings (SSSR count). The van der Waals surface area contributed by atoms with Gasteiger partial charge in [-0.25, -0.2) is 16.8 Å². The lowest BCUT2D eigenvalue weighted by molar-refractivity contribution is 0.301. The van der Waals surface area contributed by atoms with Gasteiger partial charge in [-0.1, -0.05) is 0 Å². The van der Waals surface area contributed by atoms with Gasteiger partial charge in [0.1, 0.15) is 10.6 Å². The van der Waals surface area contributed by atoms with E-state index in [-0.39, 0.29) is 28.4 Å². The lowest BCUT2D eigenvalue weighted by Gasteiger charge is -2.29. The lowest BCUT2D eigenvalue weighted by Crippen LogP contribution is -2.41. The highest BCUT2D eigenvalue weighted by Crippen LogP contribution is 2.43. The van der Waals surface area contributed by atoms with Crippen molar-refractivity contribution >= 4 is 25.7 Å². The average molecular weight is 403 g/mol. The second-order valence-electron chi connectivity index (χ2n) is 7.01. The highest BCUT2D eigenvalue weighted by molar-refractivity contribution is 7.93. The van der Waals surface area contributed by atoms with Crippen LogP contribution in [0.1, 0.15) is 39.5 Å². The van der Waals surface area contributed by atoms with E-state index in [2.05, 4.69) is 4.72 Å². The third kappa shape index (κ3) is 3.99. The van der Waals surface area contributed by atoms with Crippen LogP contribution in [0.15, 0.2) is 23.1 Å². The zero-order valence-electron chi connectivity index (χ0n) is 15.3. The van der Waals surface area contributed by atoms with Gasteiger partial charge in [0.05, 0.1) is 18.6 Å². The van der Waals surface area contributed by atoms with Gasteiger partial charge in [-0.2, -0.15) is 4.31 Å². The quantitative estimate of drug-likeness (QED) is 0.685. The Morgan fingerprint density at radius 1 is 1.19 bits per heavy atom. The molecule has 2 fully saturated rings. The SMILES string of the molecule is CCS(=O)(=O)Nc1cc(OC)ccc1S(=O)(=O)N(C1CC1)C(C)C1CC1. The summed E-state index contributed by atoms with van der Waals surface area (Å²) in [4.78, 5) is -0.0188. The molecule has 0 aliphatic heterocycles. The summed E-state index contributed by atoms with van der Waals surface area (Å²) in [6, 6.07) is 4.33. The zero-order chi connectivity index (χ0) is 19.1. The normalized spacial score (nSPS) is 19.4. The molecule has 9 heteroatoms. The van der Waals surface area contributed by atoms with Crippen LogP contribution < -0.4 is 9.46 Å². The average Bonchev–Trinajstić information content (AvgIpc) is 3.46. The second kappa shape index (κ2) is 7.01. The summed E-state index contributed by atoms with van der Waals surface area (Å²) in [6.45, 7) is 3.45. The van der Waals surface area contributed by atoms with Gasteiger partial charge in [0, 0.05) is 18.2 Å². The molecule has 1 unspecified atom stereocenters. The van der Waals surface area contributed by atoms with Crippen LogP contribution in [0.2, 0.25) is 0 Å². The van der Waals surface area contributed by atoms with Gasteiger partial charge in [-0.05, 0) is 57.6 Å². The van der Waals surface area contributed by atoms with Crippen molar-refractivity contribution < 1.29 is 21.6 Å². The fraction of sp³-hybridized carbons (Fsp3) is 0.647. The molecule has 1 atom stereocenters. The van der Waals surface area contributed by atoms with Crippen molar-refractivity contribution in [2.24, 2.45) is 5.92 Å². The van der Waals surface area contributed by atoms with E-state index in [1.807, 2.05) is 6.92 Å². The highest BCUT2D eigenvalue weighted by Gasteiger charge is 2.46. The summed E-state index contributed by atoms with van der Waals surface area (Å²) in [7, 11) is -6.00. The highest BCUT2D eigenvalue weighted by atomic mass is 32.2. The van der Waals surface area contributed by atoms with Gasteiger partial charge in [0.15, 0.2) is 0 Å². The molecule has 1 N–H and O–H groups in total. The minimum absolute atomic E-state index is 0.00772. The van der Waals surface area contributed by atoms with Gasteiger partial charge in [0.2, 0.25) is 20.0 Å². The number of nitrogens with zero attached hydrogens (tertiary/aromatic N) is 1. The van der Waals surface area contributed by atoms with Gasteiger partial charge >= 0.3 is 0 Å². The molecule has 0 radical (unpaired) electrons. The Balaban J connectivity index is 2.05. The van der Waals surface area contributed by atoms with E-state index >= 15 is 0 Å². The van der Waals surface area contributed by atoms with E-state index in [0.717, 1.165) is 25.7 Å². The third-order valence-corrected chi connectivity index (χ3v) is 8.39. The number of sulfonamides is 2. The fourth-order valence-electron chi connectivity index (χ4n) is 3.16. The van der Waals surface area contributed by atoms with Crippen LogP contribution in [-0.4, -0.2) is 46.1 Å². The molecule has 0 bridgehead atoms. The van der Waals surface area contributed by atoms with Crippen LogP contribution in [0, 0.1) is 5.92 Å². The number of ether oxygens (including phenoxy) is 1. The molecule has 0 heterocycles. The number of anilines is 1. The molecule has 146 valence electrons. The fourth-order valence-corrected chi connectivity index (χ4v) is 5.94. The first-order valence-corrected chi connectivity index (χ1v) is 12.0. The third-order valence-electron chi connectivity index (χ3n) is 5.00. The molecule has 1 aromatic carbocycles. The van der Waals surface area contributed by atoms with E-state index in [1.54, 1.807) is 10.4 Å². The first kappa shape index (κ1) is 19.4. The maximum absolute atomic E-state index is 13.4. The van der Waals surface area contributed by atoms with E-state index < -0.39 is 20.0 Å². The maximum atomic E-state index is 13.4. The molecule has 1 aromatic rings. The summed E-state index contributed by atoms with van der Waals surface area (Å²) >= 11 is 0. The van der Waals surface area contributed by atoms with Crippen molar-refractivity contribution in [3.8, 4) is 5.75 Å². The predicted molar refractivity (Wildman–Crippen MR) is 100 cm³/mol. The smallest absolute Gasteiger partial charge is 0.245 e. The standard InChI is InChI=1S/C17H26N2O5S2/c1-4-25(20,21)18-16-11-15(24-3)9-10-17(16)26(22,23)19(14-7-8-14)12(2)13-5-6-13/h9-14,18H,4-8H2,1-3H3. The van der Waals surface area contributed by atoms with Gasteiger partial charge in [0.25, 0.3) is 0 Å². The van der Waals surface area contributed by atoms with E-state index in [9.17, 15) is 16.8 Å². The molecule has 2 aliphatic rings. The predicted octanol–water partition coefficient (Wildman–Crippen LogP) is 2.41. The molecule has 0 spiro atoms. The van der Waals surface area contributed by atoms with Crippen LogP contribution in [0.3, 0.4) is 0 Å². The van der Waals surface area contributed by atoms with Crippen molar-refractivity contribution in [1.29, 1.82) is 0 Å². The Morgan fingerprint density at radius 3 is 2.35 bits per heavy atom. The largest absolute Gasteiger partial charge is 0.497 e. The van der Waals surface area contributed by atoms with Crippen LogP contribution in [0.4, 0.5) is 5.69 Å². The second-order valence-corrected chi connectivity index (χ2v) is 10.8. The minimum Gasteiger partial charge on any atom is -0.497 e. The van der Waals surface area contributed by atoms with E-state index in [4.69, 9.17) is 4.74 Å². The molecular weight excluding hydrogens is 376 g/mol. The molecular formula is C17H26N2O5S2. The van der Waals surface area contributed by atoms with Crippen LogP contribution in [0.25, 0.3) is 0 Å². The van der Waals surface area contributed by atoms with E-state index in [1.165, 1.54) is 26.2 Å². The molecule has 26 heavy (non-hydrogen) atoms. The Bertz CT molecular complexity index is 874. The van der Waals surface area contributed by atoms with Crippen LogP contribution in [0.5, 0.6) is 5.75 Å². The van der Waals surface area contributed by atoms with Crippen LogP contribution >= 0.6 is 0 Å². The van der Waals surface area contributed by atoms with Crippen molar-refractivity contribution in [2.45, 2.75) is 56.5 Å². The number of hydrogen-bond acceptors (Lipinski definition) is 5. The summed E-state index contributed by atoms with van der Waals surface area (Å²) in [5, 5.41) is 0. The monoisotopic (exact) mass is 402 g/mol. The van der Waals surface area contributed by atoms with Crippen molar-refractivity contribution in [3.05, 3.63) is 18.2 Å².